The normalized spacial score (nSPS) is 20.2. The van der Waals surface area contributed by atoms with E-state index >= 15 is 0 Å². The smallest absolute Gasteiger partial charge is 0.488 e. The Morgan fingerprint density at radius 1 is 1.45 bits per heavy atom. The monoisotopic (exact) mass is 220 g/mol. The summed E-state index contributed by atoms with van der Waals surface area (Å²) in [5, 5.41) is 0. The van der Waals surface area contributed by atoms with Crippen LogP contribution in [0.3, 0.4) is 0 Å². The summed E-state index contributed by atoms with van der Waals surface area (Å²) >= 11 is 0. The quantitative estimate of drug-likeness (QED) is 0.435. The SMILES string of the molecule is [Rb+].[c-]1ccc(OC2CO2)cc1. The van der Waals surface area contributed by atoms with Gasteiger partial charge in [0.1, 0.15) is 6.61 Å². The number of rotatable bonds is 2. The van der Waals surface area contributed by atoms with Gasteiger partial charge in [0, 0.05) is 5.75 Å². The molecule has 0 spiro atoms. The van der Waals surface area contributed by atoms with E-state index in [0.29, 0.717) is 0 Å². The van der Waals surface area contributed by atoms with Crippen LogP contribution in [0, 0.1) is 6.07 Å². The molecule has 2 rings (SSSR count). The predicted octanol–water partition coefficient (Wildman–Crippen LogP) is -1.77. The molecule has 0 amide bonds. The van der Waals surface area contributed by atoms with Gasteiger partial charge in [-0.3, -0.25) is 0 Å². The zero-order valence-electron chi connectivity index (χ0n) is 6.41. The van der Waals surface area contributed by atoms with Crippen LogP contribution in [0.1, 0.15) is 0 Å². The van der Waals surface area contributed by atoms with Crippen LogP contribution in [0.15, 0.2) is 24.3 Å². The molecule has 1 aromatic rings. The predicted molar refractivity (Wildman–Crippen MR) is 35.6 cm³/mol. The Morgan fingerprint density at radius 2 is 2.09 bits per heavy atom. The van der Waals surface area contributed by atoms with Crippen molar-refractivity contribution in [3.05, 3.63) is 30.3 Å². The molecular formula is C8H7O2Rb. The maximum atomic E-state index is 5.28. The first-order chi connectivity index (χ1) is 4.95. The number of hydrogen-bond acceptors (Lipinski definition) is 2. The number of epoxide rings is 1. The fourth-order valence-electron chi connectivity index (χ4n) is 0.709. The topological polar surface area (TPSA) is 21.8 Å². The Balaban J connectivity index is 0.000000605. The van der Waals surface area contributed by atoms with Gasteiger partial charge < -0.3 is 9.47 Å². The molecule has 0 radical (unpaired) electrons. The molecule has 1 saturated heterocycles. The molecule has 1 aliphatic rings. The van der Waals surface area contributed by atoms with E-state index in [1.54, 1.807) is 0 Å². The Hall–Kier alpha value is 0.785. The van der Waals surface area contributed by atoms with E-state index in [1.165, 1.54) is 0 Å². The van der Waals surface area contributed by atoms with Crippen LogP contribution in [0.5, 0.6) is 5.75 Å². The summed E-state index contributed by atoms with van der Waals surface area (Å²) in [5.74, 6) is 0.848. The van der Waals surface area contributed by atoms with E-state index in [9.17, 15) is 0 Å². The maximum Gasteiger partial charge on any atom is 1.00 e. The second-order valence-corrected chi connectivity index (χ2v) is 2.12. The third-order valence-corrected chi connectivity index (χ3v) is 1.26. The van der Waals surface area contributed by atoms with Crippen molar-refractivity contribution in [3.63, 3.8) is 0 Å². The van der Waals surface area contributed by atoms with Crippen molar-refractivity contribution >= 4 is 0 Å². The van der Waals surface area contributed by atoms with E-state index in [0.717, 1.165) is 12.4 Å². The standard InChI is InChI=1S/C8H7O2.Rb/c1-2-4-7(5-3-1)10-8-6-9-8;/h2-5,8H,6H2;/q-1;+1. The summed E-state index contributed by atoms with van der Waals surface area (Å²) in [7, 11) is 0. The summed E-state index contributed by atoms with van der Waals surface area (Å²) in [6, 6.07) is 10.3. The van der Waals surface area contributed by atoms with Crippen molar-refractivity contribution in [1.82, 2.24) is 0 Å². The fourth-order valence-corrected chi connectivity index (χ4v) is 0.709. The number of hydrogen-bond donors (Lipinski definition) is 0. The van der Waals surface area contributed by atoms with Crippen LogP contribution in [0.25, 0.3) is 0 Å². The van der Waals surface area contributed by atoms with E-state index < -0.39 is 0 Å². The van der Waals surface area contributed by atoms with Crippen molar-refractivity contribution in [3.8, 4) is 5.75 Å². The van der Waals surface area contributed by atoms with Gasteiger partial charge in [0.25, 0.3) is 0 Å². The van der Waals surface area contributed by atoms with Crippen molar-refractivity contribution in [2.75, 3.05) is 6.61 Å². The van der Waals surface area contributed by atoms with Gasteiger partial charge in [0.2, 0.25) is 6.29 Å². The largest absolute Gasteiger partial charge is 1.00 e. The summed E-state index contributed by atoms with van der Waals surface area (Å²) in [6.07, 6.45) is 0.00222. The molecule has 1 fully saturated rings. The molecule has 11 heavy (non-hydrogen) atoms. The third kappa shape index (κ3) is 3.34. The second-order valence-electron chi connectivity index (χ2n) is 2.12. The van der Waals surface area contributed by atoms with Crippen molar-refractivity contribution < 1.29 is 67.7 Å². The second kappa shape index (κ2) is 4.72. The zero-order chi connectivity index (χ0) is 6.81. The first-order valence-corrected chi connectivity index (χ1v) is 3.19. The Labute approximate surface area is 115 Å². The van der Waals surface area contributed by atoms with Crippen LogP contribution in [-0.2, 0) is 4.74 Å². The molecule has 0 aromatic heterocycles. The minimum atomic E-state index is 0. The first kappa shape index (κ1) is 9.87. The third-order valence-electron chi connectivity index (χ3n) is 1.26. The molecule has 0 N–H and O–H groups in total. The molecule has 52 valence electrons. The number of ether oxygens (including phenoxy) is 2. The summed E-state index contributed by atoms with van der Waals surface area (Å²) in [4.78, 5) is 0. The zero-order valence-corrected chi connectivity index (χ0v) is 11.3. The van der Waals surface area contributed by atoms with Gasteiger partial charge in [-0.15, -0.1) is 12.1 Å². The Kier molecular flexibility index (Phi) is 4.24. The first-order valence-electron chi connectivity index (χ1n) is 3.19. The molecule has 1 aromatic carbocycles. The fraction of sp³-hybridized carbons (Fsp3) is 0.250. The van der Waals surface area contributed by atoms with Crippen LogP contribution in [-0.4, -0.2) is 12.9 Å². The molecule has 1 atom stereocenters. The van der Waals surface area contributed by atoms with Crippen LogP contribution < -0.4 is 62.9 Å². The van der Waals surface area contributed by atoms with Crippen LogP contribution in [0.4, 0.5) is 0 Å². The molecule has 1 unspecified atom stereocenters. The molecule has 0 aliphatic carbocycles. The summed E-state index contributed by atoms with van der Waals surface area (Å²) in [6.45, 7) is 0.721. The Morgan fingerprint density at radius 3 is 2.64 bits per heavy atom. The van der Waals surface area contributed by atoms with Crippen molar-refractivity contribution in [2.45, 2.75) is 6.29 Å². The Bertz CT molecular complexity index is 209. The molecule has 2 nitrogen and oxygen atoms in total. The van der Waals surface area contributed by atoms with Crippen molar-refractivity contribution in [1.29, 1.82) is 0 Å². The molecule has 3 heteroatoms. The van der Waals surface area contributed by atoms with E-state index in [2.05, 4.69) is 6.07 Å². The maximum absolute atomic E-state index is 5.28. The van der Waals surface area contributed by atoms with Gasteiger partial charge in [-0.05, 0) is 0 Å². The summed E-state index contributed by atoms with van der Waals surface area (Å²) in [5.41, 5.74) is 0. The van der Waals surface area contributed by atoms with Crippen molar-refractivity contribution in [2.24, 2.45) is 0 Å². The summed E-state index contributed by atoms with van der Waals surface area (Å²) < 4.78 is 10.2. The van der Waals surface area contributed by atoms with Crippen LogP contribution >= 0.6 is 0 Å². The minimum Gasteiger partial charge on any atom is -0.488 e. The molecule has 1 aliphatic heterocycles. The van der Waals surface area contributed by atoms with Crippen LogP contribution in [0.2, 0.25) is 0 Å². The minimum absolute atomic E-state index is 0. The van der Waals surface area contributed by atoms with Gasteiger partial charge >= 0.3 is 58.2 Å². The van der Waals surface area contributed by atoms with Gasteiger partial charge in [-0.2, -0.15) is 18.2 Å². The molecule has 0 bridgehead atoms. The van der Waals surface area contributed by atoms with E-state index in [4.69, 9.17) is 9.47 Å². The molecule has 1 heterocycles. The van der Waals surface area contributed by atoms with Gasteiger partial charge in [0.15, 0.2) is 0 Å². The average molecular weight is 221 g/mol. The molecule has 0 saturated carbocycles. The van der Waals surface area contributed by atoms with Gasteiger partial charge in [-0.1, -0.05) is 0 Å². The number of benzene rings is 1. The van der Waals surface area contributed by atoms with Gasteiger partial charge in [0.05, 0.1) is 0 Å². The van der Waals surface area contributed by atoms with Gasteiger partial charge in [-0.25, -0.2) is 0 Å². The molecular weight excluding hydrogens is 214 g/mol. The average Bonchev–Trinajstić information content (AvgIpc) is 2.74. The van der Waals surface area contributed by atoms with E-state index in [1.807, 2.05) is 24.3 Å². The van der Waals surface area contributed by atoms with E-state index in [-0.39, 0.29) is 64.5 Å².